The van der Waals surface area contributed by atoms with Crippen molar-refractivity contribution in [3.05, 3.63) is 11.9 Å². The van der Waals surface area contributed by atoms with Crippen molar-refractivity contribution in [1.29, 1.82) is 0 Å². The van der Waals surface area contributed by atoms with Gasteiger partial charge in [0.2, 0.25) is 0 Å². The van der Waals surface area contributed by atoms with Gasteiger partial charge < -0.3 is 16.0 Å². The number of nitrogens with two attached hydrogens (primary N) is 1. The van der Waals surface area contributed by atoms with Crippen LogP contribution in [0.5, 0.6) is 0 Å². The van der Waals surface area contributed by atoms with E-state index in [4.69, 9.17) is 5.73 Å². The summed E-state index contributed by atoms with van der Waals surface area (Å²) in [7, 11) is 4.17. The van der Waals surface area contributed by atoms with Gasteiger partial charge >= 0.3 is 0 Å². The molecule has 0 saturated carbocycles. The second-order valence-corrected chi connectivity index (χ2v) is 6.45. The molecule has 1 aromatic rings. The van der Waals surface area contributed by atoms with Gasteiger partial charge in [-0.15, -0.1) is 0 Å². The van der Waals surface area contributed by atoms with E-state index in [0.29, 0.717) is 5.82 Å². The van der Waals surface area contributed by atoms with Crippen LogP contribution in [0.15, 0.2) is 6.07 Å². The lowest BCUT2D eigenvalue weighted by atomic mass is 9.93. The molecule has 1 aromatic heterocycles. The van der Waals surface area contributed by atoms with E-state index in [1.54, 1.807) is 6.07 Å². The first kappa shape index (κ1) is 15.7. The third-order valence-corrected chi connectivity index (χ3v) is 2.77. The zero-order valence-corrected chi connectivity index (χ0v) is 13.0. The molecule has 0 saturated heterocycles. The quantitative estimate of drug-likeness (QED) is 0.825. The first-order valence-corrected chi connectivity index (χ1v) is 6.73. The predicted molar refractivity (Wildman–Crippen MR) is 81.4 cm³/mol. The summed E-state index contributed by atoms with van der Waals surface area (Å²) in [6.07, 6.45) is 0. The molecule has 0 aliphatic carbocycles. The van der Waals surface area contributed by atoms with Crippen molar-refractivity contribution >= 4 is 11.6 Å². The van der Waals surface area contributed by atoms with Gasteiger partial charge in [0.15, 0.2) is 0 Å². The Hall–Kier alpha value is -1.36. The van der Waals surface area contributed by atoms with Crippen LogP contribution >= 0.6 is 0 Å². The molecule has 1 heterocycles. The first-order valence-electron chi connectivity index (χ1n) is 6.73. The minimum absolute atomic E-state index is 0.168. The molecule has 0 spiro atoms. The van der Waals surface area contributed by atoms with Crippen molar-refractivity contribution in [1.82, 2.24) is 14.9 Å². The Bertz CT molecular complexity index is 412. The second kappa shape index (κ2) is 6.19. The Kier molecular flexibility index (Phi) is 5.11. The number of hydrogen-bond donors (Lipinski definition) is 2. The van der Waals surface area contributed by atoms with E-state index in [-0.39, 0.29) is 11.3 Å². The molecule has 0 radical (unpaired) electrons. The fraction of sp³-hybridized carbons (Fsp3) is 0.714. The topological polar surface area (TPSA) is 67.1 Å². The van der Waals surface area contributed by atoms with Crippen LogP contribution in [-0.2, 0) is 0 Å². The molecular weight excluding hydrogens is 238 g/mol. The molecule has 0 aliphatic heterocycles. The average Bonchev–Trinajstić information content (AvgIpc) is 2.24. The molecule has 1 rings (SSSR count). The minimum atomic E-state index is 0.168. The van der Waals surface area contributed by atoms with E-state index in [9.17, 15) is 0 Å². The van der Waals surface area contributed by atoms with Gasteiger partial charge in [-0.25, -0.2) is 9.97 Å². The molecule has 0 unspecified atom stereocenters. The molecule has 0 atom stereocenters. The fourth-order valence-electron chi connectivity index (χ4n) is 2.08. The maximum absolute atomic E-state index is 5.82. The summed E-state index contributed by atoms with van der Waals surface area (Å²) in [5, 5.41) is 3.37. The van der Waals surface area contributed by atoms with Gasteiger partial charge in [0.05, 0.1) is 0 Å². The number of nitrogen functional groups attached to an aromatic ring is 1. The maximum atomic E-state index is 5.82. The standard InChI is InChI=1S/C14H27N5/c1-10(2)13-17-11(15)7-12(18-13)16-8-14(3,4)9-19(5)6/h7,10H,8-9H2,1-6H3,(H3,15,16,17,18). The molecule has 0 aliphatic rings. The predicted octanol–water partition coefficient (Wildman–Crippen LogP) is 2.18. The van der Waals surface area contributed by atoms with Crippen LogP contribution in [-0.4, -0.2) is 42.1 Å². The van der Waals surface area contributed by atoms with Crippen LogP contribution in [0, 0.1) is 5.41 Å². The van der Waals surface area contributed by atoms with Gasteiger partial charge in [-0.3, -0.25) is 0 Å². The third kappa shape index (κ3) is 5.42. The van der Waals surface area contributed by atoms with E-state index >= 15 is 0 Å². The number of anilines is 2. The van der Waals surface area contributed by atoms with Gasteiger partial charge in [0.1, 0.15) is 17.5 Å². The number of hydrogen-bond acceptors (Lipinski definition) is 5. The van der Waals surface area contributed by atoms with Crippen molar-refractivity contribution in [2.75, 3.05) is 38.2 Å². The zero-order chi connectivity index (χ0) is 14.6. The van der Waals surface area contributed by atoms with Crippen molar-refractivity contribution < 1.29 is 0 Å². The van der Waals surface area contributed by atoms with Crippen molar-refractivity contribution in [2.24, 2.45) is 5.41 Å². The Morgan fingerprint density at radius 3 is 2.47 bits per heavy atom. The maximum Gasteiger partial charge on any atom is 0.135 e. The second-order valence-electron chi connectivity index (χ2n) is 6.45. The molecule has 5 nitrogen and oxygen atoms in total. The Labute approximate surface area is 116 Å². The molecule has 0 bridgehead atoms. The average molecular weight is 265 g/mol. The summed E-state index contributed by atoms with van der Waals surface area (Å²) in [6, 6.07) is 1.79. The Balaban J connectivity index is 2.72. The van der Waals surface area contributed by atoms with E-state index in [2.05, 4.69) is 62.0 Å². The van der Waals surface area contributed by atoms with E-state index in [1.807, 2.05) is 0 Å². The highest BCUT2D eigenvalue weighted by atomic mass is 15.1. The molecule has 108 valence electrons. The lowest BCUT2D eigenvalue weighted by Crippen LogP contribution is -2.34. The van der Waals surface area contributed by atoms with Crippen LogP contribution in [0.4, 0.5) is 11.6 Å². The molecule has 0 amide bonds. The van der Waals surface area contributed by atoms with Gasteiger partial charge in [-0.1, -0.05) is 27.7 Å². The summed E-state index contributed by atoms with van der Waals surface area (Å²) in [5.74, 6) is 2.39. The lowest BCUT2D eigenvalue weighted by molar-refractivity contribution is 0.254. The highest BCUT2D eigenvalue weighted by Crippen LogP contribution is 2.19. The first-order chi connectivity index (χ1) is 8.69. The van der Waals surface area contributed by atoms with Crippen LogP contribution in [0.2, 0.25) is 0 Å². The lowest BCUT2D eigenvalue weighted by Gasteiger charge is -2.28. The number of nitrogens with zero attached hydrogens (tertiary/aromatic N) is 3. The number of nitrogens with one attached hydrogen (secondary N) is 1. The van der Waals surface area contributed by atoms with Crippen molar-refractivity contribution in [3.8, 4) is 0 Å². The highest BCUT2D eigenvalue weighted by molar-refractivity contribution is 5.45. The monoisotopic (exact) mass is 265 g/mol. The van der Waals surface area contributed by atoms with Crippen molar-refractivity contribution in [2.45, 2.75) is 33.6 Å². The summed E-state index contributed by atoms with van der Waals surface area (Å²) in [6.45, 7) is 10.4. The van der Waals surface area contributed by atoms with E-state index in [1.165, 1.54) is 0 Å². The number of rotatable bonds is 6. The van der Waals surface area contributed by atoms with Crippen LogP contribution in [0.3, 0.4) is 0 Å². The molecular formula is C14H27N5. The molecule has 5 heteroatoms. The molecule has 0 fully saturated rings. The number of aromatic nitrogens is 2. The van der Waals surface area contributed by atoms with Gasteiger partial charge in [-0.05, 0) is 19.5 Å². The largest absolute Gasteiger partial charge is 0.384 e. The highest BCUT2D eigenvalue weighted by Gasteiger charge is 2.19. The zero-order valence-electron chi connectivity index (χ0n) is 13.0. The normalized spacial score (nSPS) is 12.2. The van der Waals surface area contributed by atoms with Gasteiger partial charge in [-0.2, -0.15) is 0 Å². The summed E-state index contributed by atoms with van der Waals surface area (Å²) < 4.78 is 0. The third-order valence-electron chi connectivity index (χ3n) is 2.77. The van der Waals surface area contributed by atoms with Gasteiger partial charge in [0.25, 0.3) is 0 Å². The van der Waals surface area contributed by atoms with Crippen LogP contribution in [0.25, 0.3) is 0 Å². The summed E-state index contributed by atoms with van der Waals surface area (Å²) >= 11 is 0. The fourth-order valence-corrected chi connectivity index (χ4v) is 2.08. The molecule has 3 N–H and O–H groups in total. The smallest absolute Gasteiger partial charge is 0.135 e. The Morgan fingerprint density at radius 1 is 1.32 bits per heavy atom. The molecule has 19 heavy (non-hydrogen) atoms. The van der Waals surface area contributed by atoms with Crippen LogP contribution in [0.1, 0.15) is 39.4 Å². The Morgan fingerprint density at radius 2 is 1.95 bits per heavy atom. The van der Waals surface area contributed by atoms with E-state index < -0.39 is 0 Å². The van der Waals surface area contributed by atoms with Crippen LogP contribution < -0.4 is 11.1 Å². The summed E-state index contributed by atoms with van der Waals surface area (Å²) in [5.41, 5.74) is 5.99. The molecule has 0 aromatic carbocycles. The van der Waals surface area contributed by atoms with Crippen molar-refractivity contribution in [3.63, 3.8) is 0 Å². The van der Waals surface area contributed by atoms with E-state index in [0.717, 1.165) is 24.7 Å². The minimum Gasteiger partial charge on any atom is -0.384 e. The summed E-state index contributed by atoms with van der Waals surface area (Å²) in [4.78, 5) is 10.9. The van der Waals surface area contributed by atoms with Gasteiger partial charge in [0, 0.05) is 25.1 Å². The SMILES string of the molecule is CC(C)c1nc(N)cc(NCC(C)(C)CN(C)C)n1.